The lowest BCUT2D eigenvalue weighted by molar-refractivity contribution is -0.121. The van der Waals surface area contributed by atoms with Crippen LogP contribution in [0.4, 0.5) is 5.69 Å². The summed E-state index contributed by atoms with van der Waals surface area (Å²) in [6.45, 7) is 6.92. The Morgan fingerprint density at radius 3 is 2.15 bits per heavy atom. The second kappa shape index (κ2) is 6.30. The zero-order chi connectivity index (χ0) is 14.8. The van der Waals surface area contributed by atoms with Crippen LogP contribution in [0.3, 0.4) is 0 Å². The standard InChI is InChI=1S/C17H24BrNO/c1-17(2,3)13-6-4-12(5-7-13)16(20)19-15-10-8-14(18)9-11-15/h8-13H,4-7H2,1-3H3,(H,19,20). The highest BCUT2D eigenvalue weighted by atomic mass is 79.9. The van der Waals surface area contributed by atoms with Gasteiger partial charge in [-0.3, -0.25) is 4.79 Å². The summed E-state index contributed by atoms with van der Waals surface area (Å²) in [5.41, 5.74) is 1.25. The minimum absolute atomic E-state index is 0.178. The predicted octanol–water partition coefficient (Wildman–Crippen LogP) is 5.24. The van der Waals surface area contributed by atoms with Crippen LogP contribution in [0.2, 0.25) is 0 Å². The van der Waals surface area contributed by atoms with Gasteiger partial charge in [0, 0.05) is 16.1 Å². The van der Waals surface area contributed by atoms with Gasteiger partial charge in [-0.25, -0.2) is 0 Å². The SMILES string of the molecule is CC(C)(C)C1CCC(C(=O)Nc2ccc(Br)cc2)CC1. The van der Waals surface area contributed by atoms with Crippen molar-refractivity contribution in [3.05, 3.63) is 28.7 Å². The smallest absolute Gasteiger partial charge is 0.227 e. The Balaban J connectivity index is 1.87. The van der Waals surface area contributed by atoms with Crippen molar-refractivity contribution in [3.8, 4) is 0 Å². The molecule has 1 fully saturated rings. The van der Waals surface area contributed by atoms with E-state index in [1.54, 1.807) is 0 Å². The number of halogens is 1. The summed E-state index contributed by atoms with van der Waals surface area (Å²) in [5.74, 6) is 1.11. The van der Waals surface area contributed by atoms with E-state index in [4.69, 9.17) is 0 Å². The van der Waals surface area contributed by atoms with E-state index >= 15 is 0 Å². The van der Waals surface area contributed by atoms with Crippen molar-refractivity contribution in [1.82, 2.24) is 0 Å². The number of rotatable bonds is 2. The fraction of sp³-hybridized carbons (Fsp3) is 0.588. The average Bonchev–Trinajstić information content (AvgIpc) is 2.40. The molecule has 110 valence electrons. The lowest BCUT2D eigenvalue weighted by atomic mass is 9.69. The van der Waals surface area contributed by atoms with Gasteiger partial charge in [0.2, 0.25) is 5.91 Å². The van der Waals surface area contributed by atoms with Crippen LogP contribution in [-0.2, 0) is 4.79 Å². The minimum atomic E-state index is 0.178. The van der Waals surface area contributed by atoms with Gasteiger partial charge in [-0.2, -0.15) is 0 Å². The van der Waals surface area contributed by atoms with Gasteiger partial charge in [-0.1, -0.05) is 36.7 Å². The second-order valence-electron chi connectivity index (χ2n) is 6.91. The Morgan fingerprint density at radius 2 is 1.65 bits per heavy atom. The highest BCUT2D eigenvalue weighted by molar-refractivity contribution is 9.10. The Hall–Kier alpha value is -0.830. The van der Waals surface area contributed by atoms with Crippen LogP contribution in [0.25, 0.3) is 0 Å². The molecule has 0 saturated heterocycles. The van der Waals surface area contributed by atoms with Crippen LogP contribution in [0.15, 0.2) is 28.7 Å². The number of hydrogen-bond acceptors (Lipinski definition) is 1. The number of nitrogens with one attached hydrogen (secondary N) is 1. The van der Waals surface area contributed by atoms with E-state index < -0.39 is 0 Å². The fourth-order valence-corrected chi connectivity index (χ4v) is 3.26. The molecule has 1 aliphatic rings. The van der Waals surface area contributed by atoms with Crippen molar-refractivity contribution in [1.29, 1.82) is 0 Å². The molecule has 2 rings (SSSR count). The number of anilines is 1. The minimum Gasteiger partial charge on any atom is -0.326 e. The van der Waals surface area contributed by atoms with Crippen LogP contribution in [0, 0.1) is 17.3 Å². The van der Waals surface area contributed by atoms with Gasteiger partial charge in [-0.05, 0) is 61.3 Å². The van der Waals surface area contributed by atoms with Gasteiger partial charge in [0.1, 0.15) is 0 Å². The van der Waals surface area contributed by atoms with E-state index in [0.29, 0.717) is 5.41 Å². The molecule has 1 saturated carbocycles. The topological polar surface area (TPSA) is 29.1 Å². The van der Waals surface area contributed by atoms with Crippen LogP contribution < -0.4 is 5.32 Å². The lowest BCUT2D eigenvalue weighted by Crippen LogP contribution is -2.31. The van der Waals surface area contributed by atoms with Gasteiger partial charge in [0.05, 0.1) is 0 Å². The van der Waals surface area contributed by atoms with E-state index in [9.17, 15) is 4.79 Å². The highest BCUT2D eigenvalue weighted by Gasteiger charge is 2.32. The third-order valence-electron chi connectivity index (χ3n) is 4.43. The Morgan fingerprint density at radius 1 is 1.10 bits per heavy atom. The summed E-state index contributed by atoms with van der Waals surface area (Å²) in [5, 5.41) is 3.03. The van der Waals surface area contributed by atoms with Gasteiger partial charge in [-0.15, -0.1) is 0 Å². The van der Waals surface area contributed by atoms with E-state index in [1.165, 1.54) is 12.8 Å². The molecular weight excluding hydrogens is 314 g/mol. The maximum absolute atomic E-state index is 12.3. The Bertz CT molecular complexity index is 453. The van der Waals surface area contributed by atoms with Gasteiger partial charge in [0.15, 0.2) is 0 Å². The maximum atomic E-state index is 12.3. The number of amides is 1. The van der Waals surface area contributed by atoms with Crippen molar-refractivity contribution in [2.45, 2.75) is 46.5 Å². The van der Waals surface area contributed by atoms with Crippen molar-refractivity contribution in [3.63, 3.8) is 0 Å². The molecule has 20 heavy (non-hydrogen) atoms. The number of hydrogen-bond donors (Lipinski definition) is 1. The first kappa shape index (κ1) is 15.6. The molecule has 1 aromatic rings. The molecule has 0 bridgehead atoms. The summed E-state index contributed by atoms with van der Waals surface area (Å²) in [6.07, 6.45) is 4.37. The van der Waals surface area contributed by atoms with E-state index in [0.717, 1.165) is 28.9 Å². The molecule has 1 N–H and O–H groups in total. The first-order chi connectivity index (χ1) is 9.36. The number of carbonyl (C=O) groups excluding carboxylic acids is 1. The third-order valence-corrected chi connectivity index (χ3v) is 4.96. The van der Waals surface area contributed by atoms with E-state index in [2.05, 4.69) is 42.0 Å². The molecule has 0 aliphatic heterocycles. The summed E-state index contributed by atoms with van der Waals surface area (Å²) in [4.78, 5) is 12.3. The van der Waals surface area contributed by atoms with E-state index in [-0.39, 0.29) is 11.8 Å². The third kappa shape index (κ3) is 4.08. The summed E-state index contributed by atoms with van der Waals surface area (Å²) >= 11 is 3.40. The monoisotopic (exact) mass is 337 g/mol. The zero-order valence-electron chi connectivity index (χ0n) is 12.6. The first-order valence-electron chi connectivity index (χ1n) is 7.42. The Kier molecular flexibility index (Phi) is 4.90. The molecule has 1 aromatic carbocycles. The highest BCUT2D eigenvalue weighted by Crippen LogP contribution is 2.40. The molecule has 0 spiro atoms. The maximum Gasteiger partial charge on any atom is 0.227 e. The molecule has 1 aliphatic carbocycles. The van der Waals surface area contributed by atoms with Crippen molar-refractivity contribution < 1.29 is 4.79 Å². The quantitative estimate of drug-likeness (QED) is 0.785. The van der Waals surface area contributed by atoms with Gasteiger partial charge < -0.3 is 5.32 Å². The second-order valence-corrected chi connectivity index (χ2v) is 7.83. The first-order valence-corrected chi connectivity index (χ1v) is 8.22. The van der Waals surface area contributed by atoms with Crippen LogP contribution in [-0.4, -0.2) is 5.91 Å². The largest absolute Gasteiger partial charge is 0.326 e. The molecular formula is C17H24BrNO. The van der Waals surface area contributed by atoms with Gasteiger partial charge >= 0.3 is 0 Å². The zero-order valence-corrected chi connectivity index (χ0v) is 14.2. The molecule has 0 heterocycles. The normalized spacial score (nSPS) is 23.4. The number of benzene rings is 1. The molecule has 0 aromatic heterocycles. The van der Waals surface area contributed by atoms with Crippen molar-refractivity contribution in [2.24, 2.45) is 17.3 Å². The lowest BCUT2D eigenvalue weighted by Gasteiger charge is -2.36. The Labute approximate surface area is 130 Å². The summed E-state index contributed by atoms with van der Waals surface area (Å²) < 4.78 is 1.03. The molecule has 0 radical (unpaired) electrons. The average molecular weight is 338 g/mol. The molecule has 0 atom stereocenters. The van der Waals surface area contributed by atoms with Crippen LogP contribution in [0.5, 0.6) is 0 Å². The molecule has 2 nitrogen and oxygen atoms in total. The van der Waals surface area contributed by atoms with Crippen LogP contribution in [0.1, 0.15) is 46.5 Å². The summed E-state index contributed by atoms with van der Waals surface area (Å²) in [7, 11) is 0. The summed E-state index contributed by atoms with van der Waals surface area (Å²) in [6, 6.07) is 7.77. The number of carbonyl (C=O) groups is 1. The van der Waals surface area contributed by atoms with Crippen molar-refractivity contribution >= 4 is 27.5 Å². The molecule has 1 amide bonds. The van der Waals surface area contributed by atoms with E-state index in [1.807, 2.05) is 24.3 Å². The van der Waals surface area contributed by atoms with Gasteiger partial charge in [0.25, 0.3) is 0 Å². The fourth-order valence-electron chi connectivity index (χ4n) is 3.00. The van der Waals surface area contributed by atoms with Crippen molar-refractivity contribution in [2.75, 3.05) is 5.32 Å². The predicted molar refractivity (Wildman–Crippen MR) is 87.7 cm³/mol. The molecule has 0 unspecified atom stereocenters. The molecule has 3 heteroatoms. The van der Waals surface area contributed by atoms with Crippen LogP contribution >= 0.6 is 15.9 Å².